The minimum Gasteiger partial charge on any atom is -0.394 e. The van der Waals surface area contributed by atoms with Gasteiger partial charge >= 0.3 is 0 Å². The zero-order valence-electron chi connectivity index (χ0n) is 8.19. The summed E-state index contributed by atoms with van der Waals surface area (Å²) < 4.78 is 3.25. The number of nitrogens with zero attached hydrogens (tertiary/aromatic N) is 5. The van der Waals surface area contributed by atoms with E-state index in [4.69, 9.17) is 10.2 Å². The van der Waals surface area contributed by atoms with Crippen LogP contribution in [0.2, 0.25) is 0 Å². The number of aliphatic hydroxyl groups excluding tert-OH is 2. The first-order chi connectivity index (χ1) is 7.36. The van der Waals surface area contributed by atoms with Crippen molar-refractivity contribution in [1.29, 1.82) is 0 Å². The predicted molar refractivity (Wildman–Crippen MR) is 53.1 cm³/mol. The van der Waals surface area contributed by atoms with E-state index >= 15 is 0 Å². The summed E-state index contributed by atoms with van der Waals surface area (Å²) in [6.07, 6.45) is 3.25. The molecule has 0 spiro atoms. The maximum Gasteiger partial charge on any atom is 0.176 e. The molecule has 2 aromatic rings. The zero-order chi connectivity index (χ0) is 10.7. The van der Waals surface area contributed by atoms with Gasteiger partial charge < -0.3 is 15.2 Å². The lowest BCUT2D eigenvalue weighted by Gasteiger charge is -2.23. The molecule has 7 nitrogen and oxygen atoms in total. The highest BCUT2D eigenvalue weighted by Crippen LogP contribution is 2.02. The van der Waals surface area contributed by atoms with Crippen LogP contribution in [0.5, 0.6) is 0 Å². The molecule has 7 heteroatoms. The van der Waals surface area contributed by atoms with Gasteiger partial charge in [0.1, 0.15) is 6.33 Å². The summed E-state index contributed by atoms with van der Waals surface area (Å²) >= 11 is 0. The lowest BCUT2D eigenvalue weighted by atomic mass is 10.5. The Morgan fingerprint density at radius 2 is 1.93 bits per heavy atom. The summed E-state index contributed by atoms with van der Waals surface area (Å²) in [6.45, 7) is 0.937. The molecule has 0 aromatic carbocycles. The molecular formula is C8H13N5O2. The molecule has 0 saturated heterocycles. The minimum absolute atomic E-state index is 0.0263. The first kappa shape index (κ1) is 9.94. The number of hydrogen-bond donors (Lipinski definition) is 2. The summed E-state index contributed by atoms with van der Waals surface area (Å²) in [4.78, 5) is 0. The molecule has 0 bridgehead atoms. The summed E-state index contributed by atoms with van der Waals surface area (Å²) in [5, 5.41) is 27.6. The lowest BCUT2D eigenvalue weighted by molar-refractivity contribution is 0.266. The SMILES string of the molecule is OCCN(CCO)n1cnn2nccc12. The average Bonchev–Trinajstić information content (AvgIpc) is 2.78. The fourth-order valence-electron chi connectivity index (χ4n) is 1.48. The molecule has 0 amide bonds. The molecule has 0 aliphatic heterocycles. The highest BCUT2D eigenvalue weighted by atomic mass is 16.3. The van der Waals surface area contributed by atoms with E-state index in [0.717, 1.165) is 5.65 Å². The topological polar surface area (TPSA) is 78.8 Å². The van der Waals surface area contributed by atoms with E-state index in [1.807, 2.05) is 6.07 Å². The Labute approximate surface area is 86.1 Å². The van der Waals surface area contributed by atoms with E-state index in [0.29, 0.717) is 13.1 Å². The molecule has 0 unspecified atom stereocenters. The Balaban J connectivity index is 2.29. The number of rotatable bonds is 5. The highest BCUT2D eigenvalue weighted by molar-refractivity contribution is 5.37. The predicted octanol–water partition coefficient (Wildman–Crippen LogP) is -1.55. The van der Waals surface area contributed by atoms with Gasteiger partial charge in [-0.05, 0) is 0 Å². The van der Waals surface area contributed by atoms with E-state index in [1.54, 1.807) is 22.2 Å². The summed E-state index contributed by atoms with van der Waals surface area (Å²) in [5.74, 6) is 0. The molecule has 2 aromatic heterocycles. The van der Waals surface area contributed by atoms with Crippen molar-refractivity contribution < 1.29 is 10.2 Å². The molecule has 0 fully saturated rings. The van der Waals surface area contributed by atoms with Gasteiger partial charge in [-0.25, -0.2) is 4.68 Å². The van der Waals surface area contributed by atoms with E-state index in [2.05, 4.69) is 10.2 Å². The van der Waals surface area contributed by atoms with Crippen molar-refractivity contribution in [1.82, 2.24) is 19.5 Å². The summed E-state index contributed by atoms with van der Waals surface area (Å²) in [6, 6.07) is 1.81. The third-order valence-corrected chi connectivity index (χ3v) is 2.13. The van der Waals surface area contributed by atoms with Crippen LogP contribution in [0.1, 0.15) is 0 Å². The Morgan fingerprint density at radius 3 is 2.60 bits per heavy atom. The first-order valence-corrected chi connectivity index (χ1v) is 4.71. The van der Waals surface area contributed by atoms with Crippen LogP contribution < -0.4 is 5.01 Å². The Kier molecular flexibility index (Phi) is 2.84. The first-order valence-electron chi connectivity index (χ1n) is 4.71. The number of hydrogen-bond acceptors (Lipinski definition) is 5. The van der Waals surface area contributed by atoms with Crippen LogP contribution in [0, 0.1) is 0 Å². The molecule has 0 saturated carbocycles. The quantitative estimate of drug-likeness (QED) is 0.626. The second-order valence-electron chi connectivity index (χ2n) is 3.06. The fourth-order valence-corrected chi connectivity index (χ4v) is 1.48. The number of aliphatic hydroxyl groups is 2. The van der Waals surface area contributed by atoms with Crippen LogP contribution in [-0.4, -0.2) is 56.0 Å². The van der Waals surface area contributed by atoms with Gasteiger partial charge in [0, 0.05) is 6.07 Å². The molecule has 2 rings (SSSR count). The van der Waals surface area contributed by atoms with Crippen LogP contribution in [-0.2, 0) is 0 Å². The van der Waals surface area contributed by atoms with Crippen LogP contribution in [0.25, 0.3) is 5.65 Å². The van der Waals surface area contributed by atoms with Crippen molar-refractivity contribution in [3.63, 3.8) is 0 Å². The molecule has 0 atom stereocenters. The van der Waals surface area contributed by atoms with Crippen LogP contribution >= 0.6 is 0 Å². The monoisotopic (exact) mass is 211 g/mol. The van der Waals surface area contributed by atoms with Crippen molar-refractivity contribution in [2.24, 2.45) is 0 Å². The van der Waals surface area contributed by atoms with Crippen molar-refractivity contribution in [3.8, 4) is 0 Å². The zero-order valence-corrected chi connectivity index (χ0v) is 8.19. The second-order valence-corrected chi connectivity index (χ2v) is 3.06. The van der Waals surface area contributed by atoms with Crippen molar-refractivity contribution in [3.05, 3.63) is 18.6 Å². The smallest absolute Gasteiger partial charge is 0.176 e. The summed E-state index contributed by atoms with van der Waals surface area (Å²) in [7, 11) is 0. The van der Waals surface area contributed by atoms with E-state index in [1.165, 1.54) is 4.63 Å². The second kappa shape index (κ2) is 4.28. The molecule has 0 radical (unpaired) electrons. The van der Waals surface area contributed by atoms with Gasteiger partial charge in [-0.3, -0.25) is 0 Å². The average molecular weight is 211 g/mol. The Hall–Kier alpha value is -1.60. The molecule has 82 valence electrons. The molecule has 0 aliphatic carbocycles. The molecule has 2 heterocycles. The van der Waals surface area contributed by atoms with Gasteiger partial charge in [0.05, 0.1) is 32.5 Å². The van der Waals surface area contributed by atoms with Crippen LogP contribution in [0.3, 0.4) is 0 Å². The maximum atomic E-state index is 8.91. The molecular weight excluding hydrogens is 198 g/mol. The third kappa shape index (κ3) is 1.79. The largest absolute Gasteiger partial charge is 0.394 e. The molecule has 2 N–H and O–H groups in total. The van der Waals surface area contributed by atoms with E-state index in [-0.39, 0.29) is 13.2 Å². The normalized spacial score (nSPS) is 11.1. The molecule has 0 aliphatic rings. The van der Waals surface area contributed by atoms with Gasteiger partial charge in [0.2, 0.25) is 0 Å². The fraction of sp³-hybridized carbons (Fsp3) is 0.500. The summed E-state index contributed by atoms with van der Waals surface area (Å²) in [5.41, 5.74) is 0.803. The van der Waals surface area contributed by atoms with Crippen molar-refractivity contribution >= 4 is 5.65 Å². The van der Waals surface area contributed by atoms with Gasteiger partial charge in [0.25, 0.3) is 0 Å². The van der Waals surface area contributed by atoms with Gasteiger partial charge in [-0.1, -0.05) is 0 Å². The molecule has 15 heavy (non-hydrogen) atoms. The number of aromatic nitrogens is 4. The Morgan fingerprint density at radius 1 is 1.20 bits per heavy atom. The highest BCUT2D eigenvalue weighted by Gasteiger charge is 2.09. The standard InChI is InChI=1S/C8H13N5O2/c14-5-3-11(4-6-15)12-7-10-13-8(12)1-2-9-13/h1-2,7,14-15H,3-6H2. The van der Waals surface area contributed by atoms with Crippen molar-refractivity contribution in [2.45, 2.75) is 0 Å². The van der Waals surface area contributed by atoms with Gasteiger partial charge in [0.15, 0.2) is 5.65 Å². The van der Waals surface area contributed by atoms with Crippen molar-refractivity contribution in [2.75, 3.05) is 31.3 Å². The van der Waals surface area contributed by atoms with Crippen LogP contribution in [0.4, 0.5) is 0 Å². The van der Waals surface area contributed by atoms with E-state index in [9.17, 15) is 0 Å². The van der Waals surface area contributed by atoms with Gasteiger partial charge in [-0.15, -0.1) is 9.73 Å². The van der Waals surface area contributed by atoms with E-state index < -0.39 is 0 Å². The number of fused-ring (bicyclic) bond motifs is 1. The van der Waals surface area contributed by atoms with Gasteiger partial charge in [-0.2, -0.15) is 5.10 Å². The maximum absolute atomic E-state index is 8.91. The minimum atomic E-state index is 0.0263. The van der Waals surface area contributed by atoms with Crippen LogP contribution in [0.15, 0.2) is 18.6 Å². The third-order valence-electron chi connectivity index (χ3n) is 2.13. The Bertz CT molecular complexity index is 417. The lowest BCUT2D eigenvalue weighted by Crippen LogP contribution is -2.38.